The second kappa shape index (κ2) is 9.09. The van der Waals surface area contributed by atoms with Gasteiger partial charge < -0.3 is 19.7 Å². The minimum absolute atomic E-state index is 0.187. The summed E-state index contributed by atoms with van der Waals surface area (Å²) in [6.07, 6.45) is 1.30. The third-order valence-electron chi connectivity index (χ3n) is 5.52. The van der Waals surface area contributed by atoms with E-state index >= 15 is 0 Å². The molecule has 0 saturated carbocycles. The van der Waals surface area contributed by atoms with Crippen molar-refractivity contribution in [3.63, 3.8) is 0 Å². The molecular formula is C24H33N7O3. The molecule has 0 radical (unpaired) electrons. The van der Waals surface area contributed by atoms with Gasteiger partial charge in [-0.25, -0.2) is 9.78 Å². The number of hydrogen-bond acceptors (Lipinski definition) is 8. The molecule has 0 aliphatic carbocycles. The highest BCUT2D eigenvalue weighted by Crippen LogP contribution is 2.31. The molecule has 1 N–H and O–H groups in total. The summed E-state index contributed by atoms with van der Waals surface area (Å²) >= 11 is 0. The van der Waals surface area contributed by atoms with Crippen LogP contribution in [0.3, 0.4) is 0 Å². The molecule has 1 aliphatic heterocycles. The number of anilines is 3. The van der Waals surface area contributed by atoms with E-state index in [9.17, 15) is 4.79 Å². The lowest BCUT2D eigenvalue weighted by Gasteiger charge is -2.34. The molecule has 0 bridgehead atoms. The van der Waals surface area contributed by atoms with Crippen LogP contribution in [0.1, 0.15) is 39.0 Å². The number of hydrogen-bond donors (Lipinski definition) is 1. The SMILES string of the molecule is Cc1cc(Nc2cc(-c3c(C)cnn3C)cc(N3CCOC[C@H]3C)n2)n(C(=O)OC(C)(C)C)n1. The van der Waals surface area contributed by atoms with E-state index in [-0.39, 0.29) is 6.04 Å². The molecule has 4 rings (SSSR count). The summed E-state index contributed by atoms with van der Waals surface area (Å²) in [5.74, 6) is 1.91. The van der Waals surface area contributed by atoms with E-state index < -0.39 is 11.7 Å². The molecule has 34 heavy (non-hydrogen) atoms. The number of pyridine rings is 1. The van der Waals surface area contributed by atoms with Gasteiger partial charge in [0.25, 0.3) is 0 Å². The Hall–Kier alpha value is -3.40. The highest BCUT2D eigenvalue weighted by atomic mass is 16.6. The molecule has 1 aliphatic rings. The monoisotopic (exact) mass is 467 g/mol. The molecule has 10 heteroatoms. The number of aromatic nitrogens is 5. The Labute approximate surface area is 199 Å². The number of morpholine rings is 1. The summed E-state index contributed by atoms with van der Waals surface area (Å²) < 4.78 is 14.2. The fourth-order valence-corrected chi connectivity index (χ4v) is 4.06. The lowest BCUT2D eigenvalue weighted by atomic mass is 10.1. The van der Waals surface area contributed by atoms with Crippen molar-refractivity contribution in [2.45, 2.75) is 53.2 Å². The van der Waals surface area contributed by atoms with Crippen LogP contribution in [0.25, 0.3) is 11.3 Å². The zero-order chi connectivity index (χ0) is 24.6. The van der Waals surface area contributed by atoms with Gasteiger partial charge in [0.15, 0.2) is 0 Å². The molecule has 3 aromatic heterocycles. The third kappa shape index (κ3) is 5.06. The standard InChI is InChI=1S/C24H33N7O3/c1-15-13-25-29(7)22(15)18-11-19(26-20(12-18)30-8-9-33-14-17(30)3)27-21-10-16(2)28-31(21)23(32)34-24(4,5)6/h10-13,17H,8-9,14H2,1-7H3,(H,26,27)/t17-/m1/s1. The van der Waals surface area contributed by atoms with E-state index in [1.807, 2.05) is 58.6 Å². The first-order valence-electron chi connectivity index (χ1n) is 11.4. The summed E-state index contributed by atoms with van der Waals surface area (Å²) in [6.45, 7) is 13.5. The van der Waals surface area contributed by atoms with E-state index in [4.69, 9.17) is 14.5 Å². The van der Waals surface area contributed by atoms with Crippen LogP contribution in [0.15, 0.2) is 24.4 Å². The molecule has 0 aromatic carbocycles. The number of carbonyl (C=O) groups excluding carboxylic acids is 1. The van der Waals surface area contributed by atoms with Crippen molar-refractivity contribution in [1.82, 2.24) is 24.5 Å². The van der Waals surface area contributed by atoms with Gasteiger partial charge in [-0.3, -0.25) is 4.68 Å². The molecule has 1 fully saturated rings. The van der Waals surface area contributed by atoms with Crippen LogP contribution < -0.4 is 10.2 Å². The van der Waals surface area contributed by atoms with E-state index in [2.05, 4.69) is 33.4 Å². The first-order chi connectivity index (χ1) is 16.0. The fourth-order valence-electron chi connectivity index (χ4n) is 4.06. The van der Waals surface area contributed by atoms with Gasteiger partial charge in [-0.15, -0.1) is 4.68 Å². The zero-order valence-electron chi connectivity index (χ0n) is 20.9. The van der Waals surface area contributed by atoms with Crippen molar-refractivity contribution in [1.29, 1.82) is 0 Å². The Morgan fingerprint density at radius 3 is 2.65 bits per heavy atom. The van der Waals surface area contributed by atoms with E-state index in [1.54, 1.807) is 6.07 Å². The predicted octanol–water partition coefficient (Wildman–Crippen LogP) is 4.05. The van der Waals surface area contributed by atoms with Crippen LogP contribution in [-0.2, 0) is 16.5 Å². The fraction of sp³-hybridized carbons (Fsp3) is 0.500. The highest BCUT2D eigenvalue weighted by Gasteiger charge is 2.24. The minimum atomic E-state index is -0.636. The molecular weight excluding hydrogens is 434 g/mol. The number of nitrogens with one attached hydrogen (secondary N) is 1. The van der Waals surface area contributed by atoms with Gasteiger partial charge in [-0.05, 0) is 59.2 Å². The van der Waals surface area contributed by atoms with Gasteiger partial charge in [0.1, 0.15) is 23.1 Å². The lowest BCUT2D eigenvalue weighted by molar-refractivity contribution is 0.0518. The summed E-state index contributed by atoms with van der Waals surface area (Å²) in [6, 6.07) is 6.02. The third-order valence-corrected chi connectivity index (χ3v) is 5.52. The maximum atomic E-state index is 12.8. The van der Waals surface area contributed by atoms with Crippen molar-refractivity contribution in [3.05, 3.63) is 35.7 Å². The number of nitrogens with zero attached hydrogens (tertiary/aromatic N) is 6. The summed E-state index contributed by atoms with van der Waals surface area (Å²) in [7, 11) is 1.92. The molecule has 1 atom stereocenters. The van der Waals surface area contributed by atoms with Gasteiger partial charge in [0.2, 0.25) is 0 Å². The Morgan fingerprint density at radius 2 is 2.00 bits per heavy atom. The van der Waals surface area contributed by atoms with Gasteiger partial charge in [0.05, 0.1) is 36.8 Å². The first kappa shape index (κ1) is 23.7. The smallest absolute Gasteiger partial charge is 0.437 e. The number of rotatable bonds is 4. The first-order valence-corrected chi connectivity index (χ1v) is 11.4. The number of carbonyl (C=O) groups is 1. The minimum Gasteiger partial charge on any atom is -0.442 e. The molecule has 1 saturated heterocycles. The van der Waals surface area contributed by atoms with Crippen molar-refractivity contribution < 1.29 is 14.3 Å². The van der Waals surface area contributed by atoms with E-state index in [1.165, 1.54) is 4.68 Å². The maximum Gasteiger partial charge on any atom is 0.437 e. The van der Waals surface area contributed by atoms with Crippen molar-refractivity contribution in [2.24, 2.45) is 7.05 Å². The Morgan fingerprint density at radius 1 is 1.24 bits per heavy atom. The Bertz CT molecular complexity index is 1170. The van der Waals surface area contributed by atoms with Gasteiger partial charge in [0, 0.05) is 25.2 Å². The second-order valence-electron chi connectivity index (χ2n) is 9.70. The van der Waals surface area contributed by atoms with Crippen LogP contribution in [-0.4, -0.2) is 62.0 Å². The van der Waals surface area contributed by atoms with Crippen LogP contribution >= 0.6 is 0 Å². The van der Waals surface area contributed by atoms with Crippen LogP contribution in [0, 0.1) is 13.8 Å². The van der Waals surface area contributed by atoms with Crippen LogP contribution in [0.5, 0.6) is 0 Å². The Balaban J connectivity index is 1.76. The normalized spacial score (nSPS) is 16.6. The van der Waals surface area contributed by atoms with Crippen LogP contribution in [0.2, 0.25) is 0 Å². The summed E-state index contributed by atoms with van der Waals surface area (Å²) in [4.78, 5) is 19.9. The van der Waals surface area contributed by atoms with Gasteiger partial charge >= 0.3 is 6.09 Å². The van der Waals surface area contributed by atoms with E-state index in [0.717, 1.165) is 29.2 Å². The largest absolute Gasteiger partial charge is 0.442 e. The molecule has 0 amide bonds. The molecule has 0 unspecified atom stereocenters. The number of ether oxygens (including phenoxy) is 2. The van der Waals surface area contributed by atoms with Crippen molar-refractivity contribution in [2.75, 3.05) is 30.0 Å². The van der Waals surface area contributed by atoms with Crippen molar-refractivity contribution >= 4 is 23.5 Å². The van der Waals surface area contributed by atoms with Gasteiger partial charge in [-0.1, -0.05) is 0 Å². The lowest BCUT2D eigenvalue weighted by Crippen LogP contribution is -2.44. The molecule has 182 valence electrons. The summed E-state index contributed by atoms with van der Waals surface area (Å²) in [5.41, 5.74) is 3.10. The Kier molecular flexibility index (Phi) is 6.35. The average Bonchev–Trinajstić information content (AvgIpc) is 3.28. The maximum absolute atomic E-state index is 12.8. The van der Waals surface area contributed by atoms with E-state index in [0.29, 0.717) is 30.5 Å². The van der Waals surface area contributed by atoms with Crippen molar-refractivity contribution in [3.8, 4) is 11.3 Å². The summed E-state index contributed by atoms with van der Waals surface area (Å²) in [5, 5.41) is 12.0. The quantitative estimate of drug-likeness (QED) is 0.614. The molecule has 10 nitrogen and oxygen atoms in total. The van der Waals surface area contributed by atoms with Crippen LogP contribution in [0.4, 0.5) is 22.2 Å². The molecule has 0 spiro atoms. The highest BCUT2D eigenvalue weighted by molar-refractivity contribution is 5.77. The molecule has 3 aromatic rings. The van der Waals surface area contributed by atoms with Gasteiger partial charge in [-0.2, -0.15) is 10.2 Å². The predicted molar refractivity (Wildman–Crippen MR) is 131 cm³/mol. The number of aryl methyl sites for hydroxylation is 3. The molecule has 4 heterocycles. The average molecular weight is 468 g/mol. The second-order valence-corrected chi connectivity index (χ2v) is 9.70. The zero-order valence-corrected chi connectivity index (χ0v) is 20.9. The topological polar surface area (TPSA) is 99.3 Å².